The van der Waals surface area contributed by atoms with Gasteiger partial charge in [-0.2, -0.15) is 5.10 Å². The largest absolute Gasteiger partial charge is 0.382 e. The molecule has 3 nitrogen and oxygen atoms in total. The van der Waals surface area contributed by atoms with E-state index in [9.17, 15) is 0 Å². The van der Waals surface area contributed by atoms with Gasteiger partial charge in [0.2, 0.25) is 0 Å². The summed E-state index contributed by atoms with van der Waals surface area (Å²) in [6.07, 6.45) is 7.20. The summed E-state index contributed by atoms with van der Waals surface area (Å²) in [6, 6.07) is 2.46. The lowest BCUT2D eigenvalue weighted by molar-refractivity contribution is 0.267. The van der Waals surface area contributed by atoms with Crippen LogP contribution in [0.1, 0.15) is 38.6 Å². The van der Waals surface area contributed by atoms with Gasteiger partial charge in [0.25, 0.3) is 0 Å². The van der Waals surface area contributed by atoms with E-state index in [4.69, 9.17) is 5.73 Å². The third kappa shape index (κ3) is 1.85. The highest BCUT2D eigenvalue weighted by Gasteiger charge is 2.20. The number of hydrogen-bond donors (Lipinski definition) is 1. The van der Waals surface area contributed by atoms with Crippen LogP contribution in [0.2, 0.25) is 0 Å². The first-order valence-electron chi connectivity index (χ1n) is 5.06. The molecule has 0 spiro atoms. The Bertz CT molecular complexity index is 279. The van der Waals surface area contributed by atoms with Crippen LogP contribution in [0.15, 0.2) is 12.3 Å². The van der Waals surface area contributed by atoms with Crippen LogP contribution >= 0.6 is 0 Å². The van der Waals surface area contributed by atoms with Crippen molar-refractivity contribution in [2.75, 3.05) is 5.73 Å². The van der Waals surface area contributed by atoms with Gasteiger partial charge in [-0.15, -0.1) is 0 Å². The van der Waals surface area contributed by atoms with Gasteiger partial charge in [-0.25, -0.2) is 0 Å². The van der Waals surface area contributed by atoms with Crippen LogP contribution in [0.4, 0.5) is 5.82 Å². The molecule has 2 atom stereocenters. The van der Waals surface area contributed by atoms with Gasteiger partial charge in [-0.3, -0.25) is 4.68 Å². The second-order valence-electron chi connectivity index (χ2n) is 4.15. The lowest BCUT2D eigenvalue weighted by Crippen LogP contribution is -2.18. The number of nitrogen functional groups attached to an aromatic ring is 1. The monoisotopic (exact) mass is 179 g/mol. The molecule has 72 valence electrons. The van der Waals surface area contributed by atoms with Gasteiger partial charge in [-0.1, -0.05) is 19.8 Å². The molecule has 1 fully saturated rings. The van der Waals surface area contributed by atoms with Crippen LogP contribution in [0.25, 0.3) is 0 Å². The quantitative estimate of drug-likeness (QED) is 0.718. The third-order valence-electron chi connectivity index (χ3n) is 2.91. The normalized spacial score (nSPS) is 29.0. The molecule has 1 aliphatic rings. The molecule has 0 aromatic carbocycles. The maximum absolute atomic E-state index is 5.59. The van der Waals surface area contributed by atoms with Gasteiger partial charge in [0, 0.05) is 6.20 Å². The summed E-state index contributed by atoms with van der Waals surface area (Å²) < 4.78 is 2.03. The second-order valence-corrected chi connectivity index (χ2v) is 4.15. The van der Waals surface area contributed by atoms with Crippen LogP contribution in [-0.2, 0) is 0 Å². The first kappa shape index (κ1) is 8.60. The molecule has 1 heterocycles. The molecule has 1 saturated carbocycles. The van der Waals surface area contributed by atoms with E-state index in [-0.39, 0.29) is 0 Å². The highest BCUT2D eigenvalue weighted by Crippen LogP contribution is 2.31. The van der Waals surface area contributed by atoms with Crippen molar-refractivity contribution in [1.82, 2.24) is 9.78 Å². The van der Waals surface area contributed by atoms with Gasteiger partial charge in [0.05, 0.1) is 6.04 Å². The van der Waals surface area contributed by atoms with Crippen molar-refractivity contribution in [2.45, 2.75) is 38.6 Å². The minimum atomic E-state index is 0.584. The molecule has 0 amide bonds. The van der Waals surface area contributed by atoms with E-state index in [1.165, 1.54) is 25.7 Å². The molecule has 3 heteroatoms. The molecule has 2 unspecified atom stereocenters. The van der Waals surface area contributed by atoms with Gasteiger partial charge >= 0.3 is 0 Å². The predicted molar refractivity (Wildman–Crippen MR) is 53.3 cm³/mol. The van der Waals surface area contributed by atoms with Gasteiger partial charge < -0.3 is 5.73 Å². The zero-order valence-electron chi connectivity index (χ0n) is 8.11. The number of hydrogen-bond acceptors (Lipinski definition) is 2. The second kappa shape index (κ2) is 3.40. The summed E-state index contributed by atoms with van der Waals surface area (Å²) in [5.41, 5.74) is 5.59. The smallest absolute Gasteiger partial charge is 0.145 e. The first-order chi connectivity index (χ1) is 6.25. The summed E-state index contributed by atoms with van der Waals surface area (Å²) in [5, 5.41) is 4.26. The van der Waals surface area contributed by atoms with Crippen molar-refractivity contribution in [2.24, 2.45) is 5.92 Å². The van der Waals surface area contributed by atoms with E-state index >= 15 is 0 Å². The van der Waals surface area contributed by atoms with E-state index < -0.39 is 0 Å². The van der Waals surface area contributed by atoms with Crippen molar-refractivity contribution in [3.63, 3.8) is 0 Å². The van der Waals surface area contributed by atoms with E-state index in [2.05, 4.69) is 12.0 Å². The van der Waals surface area contributed by atoms with Crippen LogP contribution < -0.4 is 5.73 Å². The number of nitrogens with two attached hydrogens (primary N) is 1. The highest BCUT2D eigenvalue weighted by molar-refractivity contribution is 5.24. The fourth-order valence-electron chi connectivity index (χ4n) is 2.20. The Labute approximate surface area is 78.9 Å². The Hall–Kier alpha value is -0.990. The number of aromatic nitrogens is 2. The zero-order valence-corrected chi connectivity index (χ0v) is 8.11. The van der Waals surface area contributed by atoms with Gasteiger partial charge in [0.1, 0.15) is 5.82 Å². The SMILES string of the molecule is CC1CCCC(n2ccc(N)n2)C1. The number of anilines is 1. The van der Waals surface area contributed by atoms with Crippen molar-refractivity contribution in [3.05, 3.63) is 12.3 Å². The maximum atomic E-state index is 5.59. The Morgan fingerprint density at radius 2 is 2.38 bits per heavy atom. The third-order valence-corrected chi connectivity index (χ3v) is 2.91. The predicted octanol–water partition coefficient (Wildman–Crippen LogP) is 2.22. The minimum absolute atomic E-state index is 0.584. The van der Waals surface area contributed by atoms with Crippen LogP contribution in [0, 0.1) is 5.92 Å². The topological polar surface area (TPSA) is 43.8 Å². The van der Waals surface area contributed by atoms with E-state index in [1.807, 2.05) is 16.9 Å². The molecule has 0 saturated heterocycles. The summed E-state index contributed by atoms with van der Waals surface area (Å²) in [4.78, 5) is 0. The van der Waals surface area contributed by atoms with E-state index in [0.29, 0.717) is 11.9 Å². The Morgan fingerprint density at radius 1 is 1.54 bits per heavy atom. The molecule has 2 rings (SSSR count). The molecule has 0 radical (unpaired) electrons. The Kier molecular flexibility index (Phi) is 2.25. The maximum Gasteiger partial charge on any atom is 0.145 e. The molecule has 2 N–H and O–H groups in total. The number of rotatable bonds is 1. The lowest BCUT2D eigenvalue weighted by Gasteiger charge is -2.26. The molecule has 1 aliphatic carbocycles. The standard InChI is InChI=1S/C10H17N3/c1-8-3-2-4-9(7-8)13-6-5-10(11)12-13/h5-6,8-9H,2-4,7H2,1H3,(H2,11,12). The van der Waals surface area contributed by atoms with Crippen molar-refractivity contribution in [1.29, 1.82) is 0 Å². The van der Waals surface area contributed by atoms with Gasteiger partial charge in [-0.05, 0) is 24.8 Å². The molecular formula is C10H17N3. The average molecular weight is 179 g/mol. The fourth-order valence-corrected chi connectivity index (χ4v) is 2.20. The molecule has 13 heavy (non-hydrogen) atoms. The van der Waals surface area contributed by atoms with Crippen LogP contribution in [0.5, 0.6) is 0 Å². The van der Waals surface area contributed by atoms with Crippen LogP contribution in [-0.4, -0.2) is 9.78 Å². The Morgan fingerprint density at radius 3 is 3.00 bits per heavy atom. The molecule has 1 aromatic heterocycles. The molecule has 0 bridgehead atoms. The number of nitrogens with zero attached hydrogens (tertiary/aromatic N) is 2. The average Bonchev–Trinajstić information content (AvgIpc) is 2.52. The molecular weight excluding hydrogens is 162 g/mol. The van der Waals surface area contributed by atoms with Crippen LogP contribution in [0.3, 0.4) is 0 Å². The van der Waals surface area contributed by atoms with E-state index in [1.54, 1.807) is 0 Å². The summed E-state index contributed by atoms with van der Waals surface area (Å²) in [6.45, 7) is 2.32. The summed E-state index contributed by atoms with van der Waals surface area (Å²) in [5.74, 6) is 1.47. The lowest BCUT2D eigenvalue weighted by atomic mass is 9.87. The first-order valence-corrected chi connectivity index (χ1v) is 5.06. The Balaban J connectivity index is 2.08. The molecule has 1 aromatic rings. The molecule has 0 aliphatic heterocycles. The zero-order chi connectivity index (χ0) is 9.26. The van der Waals surface area contributed by atoms with Crippen molar-refractivity contribution >= 4 is 5.82 Å². The van der Waals surface area contributed by atoms with Crippen molar-refractivity contribution in [3.8, 4) is 0 Å². The van der Waals surface area contributed by atoms with E-state index in [0.717, 1.165) is 5.92 Å². The van der Waals surface area contributed by atoms with Gasteiger partial charge in [0.15, 0.2) is 0 Å². The highest BCUT2D eigenvalue weighted by atomic mass is 15.3. The fraction of sp³-hybridized carbons (Fsp3) is 0.700. The summed E-state index contributed by atoms with van der Waals surface area (Å²) >= 11 is 0. The summed E-state index contributed by atoms with van der Waals surface area (Å²) in [7, 11) is 0. The van der Waals surface area contributed by atoms with Crippen molar-refractivity contribution < 1.29 is 0 Å². The minimum Gasteiger partial charge on any atom is -0.382 e.